The molecule has 1 saturated heterocycles. The zero-order valence-electron chi connectivity index (χ0n) is 55.7. The van der Waals surface area contributed by atoms with Gasteiger partial charge < -0.3 is 34.9 Å². The van der Waals surface area contributed by atoms with Crippen molar-refractivity contribution in [3.05, 3.63) is 144 Å². The van der Waals surface area contributed by atoms with E-state index in [0.717, 1.165) is 88.2 Å². The maximum Gasteiger partial charge on any atom is 0.475 e. The molecule has 0 saturated carbocycles. The van der Waals surface area contributed by atoms with Crippen molar-refractivity contribution in [1.29, 1.82) is 0 Å². The fourth-order valence-corrected chi connectivity index (χ4v) is 12.7. The molecule has 3 N–H and O–H groups in total. The predicted molar refractivity (Wildman–Crippen MR) is 362 cm³/mol. The van der Waals surface area contributed by atoms with E-state index in [1.165, 1.54) is 96.3 Å². The third-order valence-electron chi connectivity index (χ3n) is 16.7. The first-order valence-corrected chi connectivity index (χ1v) is 36.7. The summed E-state index contributed by atoms with van der Waals surface area (Å²) < 4.78 is 61.4. The number of rotatable bonds is 53. The van der Waals surface area contributed by atoms with Gasteiger partial charge in [0.1, 0.15) is 24.3 Å². The molecular weight excluding hydrogens is 1170 g/mol. The maximum absolute atomic E-state index is 15.6. The zero-order valence-corrected chi connectivity index (χ0v) is 56.6. The van der Waals surface area contributed by atoms with Gasteiger partial charge in [-0.3, -0.25) is 32.7 Å². The number of nitrogens with one attached hydrogen (secondary N) is 3. The number of carbonyl (C=O) groups is 4. The molecule has 4 aromatic rings. The van der Waals surface area contributed by atoms with E-state index in [1.54, 1.807) is 0 Å². The highest BCUT2D eigenvalue weighted by Gasteiger charge is 2.53. The fourth-order valence-electron chi connectivity index (χ4n) is 11.3. The Morgan fingerprint density at radius 2 is 0.879 bits per heavy atom. The maximum atomic E-state index is 15.6. The summed E-state index contributed by atoms with van der Waals surface area (Å²) in [4.78, 5) is 57.8. The number of ether oxygens (including phenoxy) is 4. The van der Waals surface area contributed by atoms with E-state index < -0.39 is 68.7 Å². The van der Waals surface area contributed by atoms with Gasteiger partial charge in [-0.15, -0.1) is 0 Å². The van der Waals surface area contributed by atoms with Gasteiger partial charge in [0, 0.05) is 19.4 Å². The average Bonchev–Trinajstić information content (AvgIpc) is 0.854. The number of esters is 1. The molecule has 0 radical (unpaired) electrons. The summed E-state index contributed by atoms with van der Waals surface area (Å²) in [7, 11) is -4.70. The molecule has 0 spiro atoms. The standard InChI is InChI=1S/C75H114N3O12P/c1-4-7-10-13-16-18-20-22-24-27-42-53-68(79)77-66(74(82)76-55-44-29-26-15-12-9-6-3)56-69(80)78-71-73(89-70(81)54-43-28-25-23-21-19-17-14-11-8-5-2)72(90-91(83,86-59-64-49-38-32-39-50-64)87-60-65-51-40-33-41-52-65)67(61-84-57-62-45-34-30-35-46-62)88-75(71)85-58-63-47-36-31-37-48-63/h30-41,45-52,66-67,71-73,75H,4-29,42-44,53-61H2,1-3H3,(H,76,82)(H,77,79)(H,78,80)/t66-,67+,71+,72+,73+,75-/m0/s1. The quantitative estimate of drug-likeness (QED) is 0.0216. The Bertz CT molecular complexity index is 2500. The molecular formula is C75H114N3O12P. The van der Waals surface area contributed by atoms with Crippen molar-refractivity contribution in [3.8, 4) is 0 Å². The lowest BCUT2D eigenvalue weighted by molar-refractivity contribution is -0.277. The van der Waals surface area contributed by atoms with Crippen LogP contribution < -0.4 is 16.0 Å². The Morgan fingerprint density at radius 1 is 0.473 bits per heavy atom. The molecule has 1 heterocycles. The van der Waals surface area contributed by atoms with Crippen LogP contribution >= 0.6 is 7.82 Å². The molecule has 506 valence electrons. The minimum absolute atomic E-state index is 0.0119. The number of amides is 3. The molecule has 3 amide bonds. The van der Waals surface area contributed by atoms with Crippen LogP contribution in [0.25, 0.3) is 0 Å². The van der Waals surface area contributed by atoms with E-state index >= 15 is 9.36 Å². The van der Waals surface area contributed by atoms with Gasteiger partial charge in [0.05, 0.1) is 39.5 Å². The highest BCUT2D eigenvalue weighted by molar-refractivity contribution is 7.48. The lowest BCUT2D eigenvalue weighted by Gasteiger charge is -2.46. The van der Waals surface area contributed by atoms with Gasteiger partial charge in [0.15, 0.2) is 12.4 Å². The lowest BCUT2D eigenvalue weighted by Crippen LogP contribution is -2.66. The molecule has 1 aliphatic rings. The van der Waals surface area contributed by atoms with Crippen LogP contribution in [0.15, 0.2) is 121 Å². The van der Waals surface area contributed by atoms with Crippen molar-refractivity contribution in [2.24, 2.45) is 0 Å². The number of hydrogen-bond acceptors (Lipinski definition) is 12. The topological polar surface area (TPSA) is 186 Å². The van der Waals surface area contributed by atoms with E-state index in [0.29, 0.717) is 30.5 Å². The molecule has 0 aliphatic carbocycles. The molecule has 6 atom stereocenters. The second-order valence-electron chi connectivity index (χ2n) is 24.7. The molecule has 5 rings (SSSR count). The minimum Gasteiger partial charge on any atom is -0.457 e. The van der Waals surface area contributed by atoms with E-state index in [9.17, 15) is 14.4 Å². The fraction of sp³-hybridized carbons (Fsp3) is 0.627. The summed E-state index contributed by atoms with van der Waals surface area (Å²) in [5.74, 6) is -2.05. The van der Waals surface area contributed by atoms with Crippen LogP contribution in [0.2, 0.25) is 0 Å². The summed E-state index contributed by atoms with van der Waals surface area (Å²) in [5, 5.41) is 9.00. The third kappa shape index (κ3) is 33.9. The minimum atomic E-state index is -4.70. The van der Waals surface area contributed by atoms with Crippen molar-refractivity contribution in [1.82, 2.24) is 16.0 Å². The van der Waals surface area contributed by atoms with E-state index in [-0.39, 0.29) is 51.8 Å². The largest absolute Gasteiger partial charge is 0.475 e. The van der Waals surface area contributed by atoms with Gasteiger partial charge in [-0.1, -0.05) is 309 Å². The number of unbranched alkanes of at least 4 members (excludes halogenated alkanes) is 26. The van der Waals surface area contributed by atoms with Crippen LogP contribution in [0, 0.1) is 0 Å². The Balaban J connectivity index is 1.47. The van der Waals surface area contributed by atoms with Crippen LogP contribution in [0.3, 0.4) is 0 Å². The normalized spacial score (nSPS) is 16.9. The summed E-state index contributed by atoms with van der Waals surface area (Å²) in [6, 6.07) is 34.9. The lowest BCUT2D eigenvalue weighted by atomic mass is 9.96. The third-order valence-corrected chi connectivity index (χ3v) is 18.1. The highest BCUT2D eigenvalue weighted by Crippen LogP contribution is 2.54. The Hall–Kier alpha value is -5.25. The molecule has 1 aliphatic heterocycles. The van der Waals surface area contributed by atoms with Gasteiger partial charge in [0.25, 0.3) is 0 Å². The molecule has 15 nitrogen and oxygen atoms in total. The molecule has 4 aromatic carbocycles. The molecule has 91 heavy (non-hydrogen) atoms. The number of hydrogen-bond donors (Lipinski definition) is 3. The molecule has 1 fully saturated rings. The van der Waals surface area contributed by atoms with Crippen molar-refractivity contribution < 1.29 is 56.3 Å². The predicted octanol–water partition coefficient (Wildman–Crippen LogP) is 17.6. The molecule has 16 heteroatoms. The van der Waals surface area contributed by atoms with Gasteiger partial charge in [-0.05, 0) is 41.5 Å². The number of carbonyl (C=O) groups excluding carboxylic acids is 4. The van der Waals surface area contributed by atoms with Gasteiger partial charge in [-0.2, -0.15) is 0 Å². The Kier molecular flexibility index (Phi) is 40.7. The Labute approximate surface area is 547 Å². The highest BCUT2D eigenvalue weighted by atomic mass is 31.2. The smallest absolute Gasteiger partial charge is 0.457 e. The van der Waals surface area contributed by atoms with Crippen molar-refractivity contribution in [3.63, 3.8) is 0 Å². The van der Waals surface area contributed by atoms with Crippen LogP contribution in [-0.4, -0.2) is 73.5 Å². The number of phosphoric acid groups is 1. The second kappa shape index (κ2) is 48.5. The molecule has 0 bridgehead atoms. The van der Waals surface area contributed by atoms with Crippen LogP contribution in [0.4, 0.5) is 0 Å². The number of benzene rings is 4. The van der Waals surface area contributed by atoms with Gasteiger partial charge in [0.2, 0.25) is 17.7 Å². The van der Waals surface area contributed by atoms with Crippen LogP contribution in [0.5, 0.6) is 0 Å². The first kappa shape index (κ1) is 76.5. The SMILES string of the molecule is CCCCCCCCCCCCCC(=O)N[C@@H](CC(=O)N[C@H]1[C@@H](OCc2ccccc2)O[C@H](COCc2ccccc2)[C@@H](OP(=O)(OCc2ccccc2)OCc2ccccc2)[C@@H]1OC(=O)CCCCCCCCCCCCC)C(=O)NCCCCCCCCC. The summed E-state index contributed by atoms with van der Waals surface area (Å²) in [6.07, 6.45) is 26.1. The van der Waals surface area contributed by atoms with E-state index in [4.69, 9.17) is 32.5 Å². The van der Waals surface area contributed by atoms with Gasteiger partial charge >= 0.3 is 13.8 Å². The first-order chi connectivity index (χ1) is 44.6. The summed E-state index contributed by atoms with van der Waals surface area (Å²) in [6.45, 7) is 6.68. The van der Waals surface area contributed by atoms with Crippen molar-refractivity contribution in [2.45, 2.75) is 289 Å². The Morgan fingerprint density at radius 3 is 1.34 bits per heavy atom. The van der Waals surface area contributed by atoms with Gasteiger partial charge in [-0.25, -0.2) is 4.57 Å². The zero-order chi connectivity index (χ0) is 64.7. The van der Waals surface area contributed by atoms with Crippen LogP contribution in [-0.2, 0) is 82.7 Å². The van der Waals surface area contributed by atoms with Crippen LogP contribution in [0.1, 0.15) is 248 Å². The van der Waals surface area contributed by atoms with Crippen molar-refractivity contribution >= 4 is 31.5 Å². The molecule has 0 unspecified atom stereocenters. The first-order valence-electron chi connectivity index (χ1n) is 35.2. The average molecular weight is 1280 g/mol. The number of phosphoric ester groups is 1. The van der Waals surface area contributed by atoms with E-state index in [2.05, 4.69) is 36.7 Å². The molecule has 0 aromatic heterocycles. The van der Waals surface area contributed by atoms with Crippen molar-refractivity contribution in [2.75, 3.05) is 13.2 Å². The summed E-state index contributed by atoms with van der Waals surface area (Å²) in [5.41, 5.74) is 3.06. The second-order valence-corrected chi connectivity index (χ2v) is 26.4. The summed E-state index contributed by atoms with van der Waals surface area (Å²) >= 11 is 0. The monoisotopic (exact) mass is 1280 g/mol. The van der Waals surface area contributed by atoms with E-state index in [1.807, 2.05) is 121 Å².